The summed E-state index contributed by atoms with van der Waals surface area (Å²) in [5, 5.41) is 7.23. The van der Waals surface area contributed by atoms with Crippen molar-refractivity contribution in [3.63, 3.8) is 0 Å². The van der Waals surface area contributed by atoms with Gasteiger partial charge in [-0.1, -0.05) is 30.1 Å². The average molecular weight is 435 g/mol. The lowest BCUT2D eigenvalue weighted by Crippen LogP contribution is -2.49. The number of carbonyl (C=O) groups is 2. The quantitative estimate of drug-likeness (QED) is 0.762. The van der Waals surface area contributed by atoms with Crippen molar-refractivity contribution in [2.45, 2.75) is 38.6 Å². The van der Waals surface area contributed by atoms with Crippen LogP contribution in [0, 0.1) is 5.41 Å². The summed E-state index contributed by atoms with van der Waals surface area (Å²) >= 11 is 12.2. The van der Waals surface area contributed by atoms with E-state index in [1.807, 2.05) is 0 Å². The van der Waals surface area contributed by atoms with Crippen molar-refractivity contribution in [3.8, 4) is 0 Å². The first-order valence-electron chi connectivity index (χ1n) is 9.14. The molecular weight excluding hydrogens is 409 g/mol. The van der Waals surface area contributed by atoms with E-state index < -0.39 is 6.04 Å². The zero-order chi connectivity index (χ0) is 18.7. The molecule has 1 aromatic carbocycles. The number of amides is 2. The molecule has 0 aliphatic carbocycles. The van der Waals surface area contributed by atoms with Gasteiger partial charge in [0.2, 0.25) is 5.91 Å². The molecule has 1 atom stereocenters. The third-order valence-electron chi connectivity index (χ3n) is 5.48. The van der Waals surface area contributed by atoms with Crippen molar-refractivity contribution in [1.82, 2.24) is 15.5 Å². The summed E-state index contributed by atoms with van der Waals surface area (Å²) < 4.78 is 0. The van der Waals surface area contributed by atoms with Crippen LogP contribution in [-0.4, -0.2) is 48.9 Å². The van der Waals surface area contributed by atoms with Crippen LogP contribution in [0.1, 0.15) is 43.0 Å². The fourth-order valence-corrected chi connectivity index (χ4v) is 4.09. The summed E-state index contributed by atoms with van der Waals surface area (Å²) in [4.78, 5) is 27.3. The first-order chi connectivity index (χ1) is 12.4. The van der Waals surface area contributed by atoms with E-state index >= 15 is 0 Å². The van der Waals surface area contributed by atoms with E-state index in [-0.39, 0.29) is 29.6 Å². The fraction of sp³-hybridized carbons (Fsp3) is 0.579. The molecule has 0 saturated carbocycles. The summed E-state index contributed by atoms with van der Waals surface area (Å²) in [7, 11) is 0. The Morgan fingerprint density at radius 3 is 2.70 bits per heavy atom. The lowest BCUT2D eigenvalue weighted by molar-refractivity contribution is -0.125. The molecule has 150 valence electrons. The lowest BCUT2D eigenvalue weighted by Gasteiger charge is -2.35. The van der Waals surface area contributed by atoms with Crippen LogP contribution in [0.5, 0.6) is 0 Å². The van der Waals surface area contributed by atoms with E-state index in [2.05, 4.69) is 17.6 Å². The Balaban J connectivity index is 0.00000261. The van der Waals surface area contributed by atoms with Gasteiger partial charge in [-0.15, -0.1) is 12.4 Å². The summed E-state index contributed by atoms with van der Waals surface area (Å²) in [5.41, 5.74) is 0.467. The maximum atomic E-state index is 12.9. The number of hydrogen-bond donors (Lipinski definition) is 2. The highest BCUT2D eigenvalue weighted by molar-refractivity contribution is 6.35. The molecule has 0 aromatic heterocycles. The van der Waals surface area contributed by atoms with Crippen molar-refractivity contribution in [2.75, 3.05) is 26.2 Å². The molecule has 2 N–H and O–H groups in total. The van der Waals surface area contributed by atoms with Gasteiger partial charge in [-0.05, 0) is 62.4 Å². The molecule has 0 spiro atoms. The third kappa shape index (κ3) is 5.29. The van der Waals surface area contributed by atoms with Gasteiger partial charge in [-0.3, -0.25) is 9.59 Å². The normalized spacial score (nSPS) is 21.4. The van der Waals surface area contributed by atoms with Crippen LogP contribution in [0.3, 0.4) is 0 Å². The zero-order valence-electron chi connectivity index (χ0n) is 15.4. The molecule has 8 heteroatoms. The number of benzene rings is 1. The number of halogens is 3. The fourth-order valence-electron chi connectivity index (χ4n) is 3.72. The first-order valence-corrected chi connectivity index (χ1v) is 9.90. The maximum absolute atomic E-state index is 12.9. The van der Waals surface area contributed by atoms with Gasteiger partial charge >= 0.3 is 0 Å². The molecule has 5 nitrogen and oxygen atoms in total. The zero-order valence-corrected chi connectivity index (χ0v) is 17.7. The van der Waals surface area contributed by atoms with E-state index in [1.165, 1.54) is 0 Å². The number of likely N-dealkylation sites (tertiary alicyclic amines) is 1. The van der Waals surface area contributed by atoms with Gasteiger partial charge in [-0.2, -0.15) is 0 Å². The molecule has 0 radical (unpaired) electrons. The summed E-state index contributed by atoms with van der Waals surface area (Å²) in [6.45, 7) is 5.36. The molecule has 2 heterocycles. The summed E-state index contributed by atoms with van der Waals surface area (Å²) in [5.74, 6) is -0.308. The highest BCUT2D eigenvalue weighted by Crippen LogP contribution is 2.28. The largest absolute Gasteiger partial charge is 0.354 e. The van der Waals surface area contributed by atoms with Crippen LogP contribution in [0.15, 0.2) is 18.2 Å². The van der Waals surface area contributed by atoms with Crippen molar-refractivity contribution in [2.24, 2.45) is 5.41 Å². The average Bonchev–Trinajstić information content (AvgIpc) is 3.12. The number of hydrogen-bond acceptors (Lipinski definition) is 3. The minimum Gasteiger partial charge on any atom is -0.354 e. The second-order valence-corrected chi connectivity index (χ2v) is 8.40. The Morgan fingerprint density at radius 2 is 2.00 bits per heavy atom. The van der Waals surface area contributed by atoms with Crippen LogP contribution >= 0.6 is 35.6 Å². The van der Waals surface area contributed by atoms with Crippen molar-refractivity contribution < 1.29 is 9.59 Å². The second-order valence-electron chi connectivity index (χ2n) is 7.56. The second kappa shape index (κ2) is 9.46. The van der Waals surface area contributed by atoms with E-state index in [0.717, 1.165) is 32.4 Å². The van der Waals surface area contributed by atoms with E-state index in [4.69, 9.17) is 23.2 Å². The smallest absolute Gasteiger partial charge is 0.256 e. The number of rotatable bonds is 4. The Hall–Kier alpha value is -1.01. The number of nitrogens with one attached hydrogen (secondary N) is 2. The molecule has 27 heavy (non-hydrogen) atoms. The topological polar surface area (TPSA) is 61.4 Å². The summed E-state index contributed by atoms with van der Waals surface area (Å²) in [6, 6.07) is 4.38. The molecule has 0 bridgehead atoms. The van der Waals surface area contributed by atoms with Gasteiger partial charge in [0.05, 0.1) is 10.6 Å². The minimum absolute atomic E-state index is 0. The SMILES string of the molecule is CC1(CNC(=O)C2CCCN2C(=O)c2cc(Cl)ccc2Cl)CCNCC1.Cl. The van der Waals surface area contributed by atoms with Crippen LogP contribution in [-0.2, 0) is 4.79 Å². The molecule has 2 aliphatic heterocycles. The van der Waals surface area contributed by atoms with Crippen molar-refractivity contribution >= 4 is 47.4 Å². The molecule has 3 rings (SSSR count). The monoisotopic (exact) mass is 433 g/mol. The molecule has 2 saturated heterocycles. The first kappa shape index (κ1) is 22.3. The van der Waals surface area contributed by atoms with Gasteiger partial charge in [0.1, 0.15) is 6.04 Å². The van der Waals surface area contributed by atoms with E-state index in [1.54, 1.807) is 23.1 Å². The Bertz CT molecular complexity index is 693. The molecule has 2 fully saturated rings. The highest BCUT2D eigenvalue weighted by atomic mass is 35.5. The summed E-state index contributed by atoms with van der Waals surface area (Å²) in [6.07, 6.45) is 3.56. The van der Waals surface area contributed by atoms with E-state index in [9.17, 15) is 9.59 Å². The maximum Gasteiger partial charge on any atom is 0.256 e. The molecule has 2 amide bonds. The number of carbonyl (C=O) groups excluding carboxylic acids is 2. The van der Waals surface area contributed by atoms with Crippen LogP contribution < -0.4 is 10.6 Å². The van der Waals surface area contributed by atoms with Gasteiger partial charge in [0.15, 0.2) is 0 Å². The third-order valence-corrected chi connectivity index (χ3v) is 6.04. The Kier molecular flexibility index (Phi) is 7.81. The van der Waals surface area contributed by atoms with Crippen molar-refractivity contribution in [1.29, 1.82) is 0 Å². The lowest BCUT2D eigenvalue weighted by atomic mass is 9.81. The van der Waals surface area contributed by atoms with Gasteiger partial charge in [-0.25, -0.2) is 0 Å². The van der Waals surface area contributed by atoms with Crippen LogP contribution in [0.25, 0.3) is 0 Å². The van der Waals surface area contributed by atoms with Gasteiger partial charge in [0, 0.05) is 18.1 Å². The Morgan fingerprint density at radius 1 is 1.30 bits per heavy atom. The van der Waals surface area contributed by atoms with Crippen LogP contribution in [0.4, 0.5) is 0 Å². The molecule has 2 aliphatic rings. The highest BCUT2D eigenvalue weighted by Gasteiger charge is 2.36. The van der Waals surface area contributed by atoms with Crippen LogP contribution in [0.2, 0.25) is 10.0 Å². The Labute approximate surface area is 176 Å². The molecule has 1 aromatic rings. The van der Waals surface area contributed by atoms with Crippen molar-refractivity contribution in [3.05, 3.63) is 33.8 Å². The molecular formula is C19H26Cl3N3O2. The molecule has 1 unspecified atom stereocenters. The number of piperidine rings is 1. The van der Waals surface area contributed by atoms with E-state index in [0.29, 0.717) is 35.1 Å². The number of nitrogens with zero attached hydrogens (tertiary/aromatic N) is 1. The van der Waals surface area contributed by atoms with Gasteiger partial charge in [0.25, 0.3) is 5.91 Å². The predicted octanol–water partition coefficient (Wildman–Crippen LogP) is 3.53. The minimum atomic E-state index is -0.442. The standard InChI is InChI=1S/C19H25Cl2N3O2.ClH/c1-19(6-8-22-9-7-19)12-23-17(25)16-3-2-10-24(16)18(26)14-11-13(20)4-5-15(14)21;/h4-5,11,16,22H,2-3,6-10,12H2,1H3,(H,23,25);1H. The predicted molar refractivity (Wildman–Crippen MR) is 111 cm³/mol. The van der Waals surface area contributed by atoms with Gasteiger partial charge < -0.3 is 15.5 Å².